The minimum Gasteiger partial charge on any atom is -0.346 e. The molecular formula is C17H21N7O2S. The summed E-state index contributed by atoms with van der Waals surface area (Å²) >= 11 is 0. The standard InChI is InChI=1S/C17H21N7O2S/c1-27(25,26)24-7-4-12(8-24)14(2-5-18)17(9-22-23-10-17)15-13-3-6-19-16(13)21-11-20-15/h3,6,9,11-12,14,23H,2,4,7-8,10H2,1H3,(H,19,20,21). The van der Waals surface area contributed by atoms with Crippen molar-refractivity contribution in [3.63, 3.8) is 0 Å². The van der Waals surface area contributed by atoms with Crippen molar-refractivity contribution in [3.8, 4) is 6.07 Å². The van der Waals surface area contributed by atoms with E-state index < -0.39 is 15.4 Å². The van der Waals surface area contributed by atoms with Crippen molar-refractivity contribution >= 4 is 27.3 Å². The molecular weight excluding hydrogens is 366 g/mol. The number of nitriles is 1. The molecule has 2 N–H and O–H groups in total. The molecule has 1 saturated heterocycles. The van der Waals surface area contributed by atoms with Crippen LogP contribution in [0.4, 0.5) is 0 Å². The Bertz CT molecular complexity index is 1030. The van der Waals surface area contributed by atoms with Gasteiger partial charge in [0.05, 0.1) is 23.4 Å². The van der Waals surface area contributed by atoms with Gasteiger partial charge in [-0.25, -0.2) is 22.7 Å². The number of hydrogen-bond donors (Lipinski definition) is 2. The van der Waals surface area contributed by atoms with Crippen LogP contribution in [0.25, 0.3) is 11.0 Å². The molecule has 2 aromatic rings. The molecule has 0 aromatic carbocycles. The van der Waals surface area contributed by atoms with E-state index in [1.165, 1.54) is 16.9 Å². The number of H-pyrrole nitrogens is 1. The summed E-state index contributed by atoms with van der Waals surface area (Å²) in [4.78, 5) is 11.9. The highest BCUT2D eigenvalue weighted by molar-refractivity contribution is 7.88. The van der Waals surface area contributed by atoms with Crippen molar-refractivity contribution in [1.82, 2.24) is 24.7 Å². The molecule has 2 aliphatic rings. The number of rotatable bonds is 5. The monoisotopic (exact) mass is 387 g/mol. The lowest BCUT2D eigenvalue weighted by Gasteiger charge is -2.37. The molecule has 0 amide bonds. The van der Waals surface area contributed by atoms with Crippen molar-refractivity contribution < 1.29 is 8.42 Å². The second-order valence-electron chi connectivity index (χ2n) is 7.23. The van der Waals surface area contributed by atoms with Crippen LogP contribution in [0, 0.1) is 23.2 Å². The Morgan fingerprint density at radius 1 is 1.48 bits per heavy atom. The second kappa shape index (κ2) is 6.58. The lowest BCUT2D eigenvalue weighted by atomic mass is 9.66. The zero-order valence-corrected chi connectivity index (χ0v) is 15.8. The first-order chi connectivity index (χ1) is 13.0. The van der Waals surface area contributed by atoms with Crippen LogP contribution in [-0.2, 0) is 15.4 Å². The second-order valence-corrected chi connectivity index (χ2v) is 9.22. The number of fused-ring (bicyclic) bond motifs is 1. The Labute approximate surface area is 157 Å². The summed E-state index contributed by atoms with van der Waals surface area (Å²) in [6.45, 7) is 1.42. The predicted octanol–water partition coefficient (Wildman–Crippen LogP) is 0.596. The zero-order valence-electron chi connectivity index (χ0n) is 15.0. The molecule has 1 fully saturated rings. The SMILES string of the molecule is CS(=O)(=O)N1CCC(C(CC#N)C2(c3ncnc4[nH]ccc34)C=NNC2)C1. The van der Waals surface area contributed by atoms with Crippen molar-refractivity contribution in [2.45, 2.75) is 18.3 Å². The molecule has 9 nitrogen and oxygen atoms in total. The Kier molecular flexibility index (Phi) is 4.36. The van der Waals surface area contributed by atoms with Crippen LogP contribution >= 0.6 is 0 Å². The van der Waals surface area contributed by atoms with Gasteiger partial charge in [0, 0.05) is 43.9 Å². The van der Waals surface area contributed by atoms with Gasteiger partial charge in [0.1, 0.15) is 12.0 Å². The average Bonchev–Trinajstić information content (AvgIpc) is 3.39. The van der Waals surface area contributed by atoms with Crippen LogP contribution in [0.1, 0.15) is 18.5 Å². The predicted molar refractivity (Wildman–Crippen MR) is 100 cm³/mol. The van der Waals surface area contributed by atoms with Gasteiger partial charge in [-0.3, -0.25) is 0 Å². The topological polar surface area (TPSA) is 127 Å². The number of sulfonamides is 1. The number of aromatic nitrogens is 3. The first-order valence-corrected chi connectivity index (χ1v) is 10.7. The number of hydrazone groups is 1. The van der Waals surface area contributed by atoms with Gasteiger partial charge in [-0.15, -0.1) is 0 Å². The third-order valence-corrected chi connectivity index (χ3v) is 7.02. The van der Waals surface area contributed by atoms with E-state index in [9.17, 15) is 13.7 Å². The lowest BCUT2D eigenvalue weighted by Crippen LogP contribution is -2.45. The molecule has 27 heavy (non-hydrogen) atoms. The molecule has 142 valence electrons. The molecule has 3 unspecified atom stereocenters. The van der Waals surface area contributed by atoms with Crippen LogP contribution in [0.3, 0.4) is 0 Å². The van der Waals surface area contributed by atoms with Crippen LogP contribution in [0.15, 0.2) is 23.7 Å². The number of aromatic amines is 1. The van der Waals surface area contributed by atoms with Crippen LogP contribution in [0.5, 0.6) is 0 Å². The summed E-state index contributed by atoms with van der Waals surface area (Å²) in [5.74, 6) is -0.0596. The molecule has 0 radical (unpaired) electrons. The van der Waals surface area contributed by atoms with Crippen LogP contribution in [0.2, 0.25) is 0 Å². The molecule has 3 atom stereocenters. The number of hydrogen-bond acceptors (Lipinski definition) is 7. The van der Waals surface area contributed by atoms with E-state index >= 15 is 0 Å². The maximum Gasteiger partial charge on any atom is 0.211 e. The smallest absolute Gasteiger partial charge is 0.211 e. The van der Waals surface area contributed by atoms with Crippen LogP contribution < -0.4 is 5.43 Å². The molecule has 2 aromatic heterocycles. The normalized spacial score (nSPS) is 26.9. The minimum absolute atomic E-state index is 0.0506. The summed E-state index contributed by atoms with van der Waals surface area (Å²) in [5.41, 5.74) is 4.00. The third kappa shape index (κ3) is 2.96. The summed E-state index contributed by atoms with van der Waals surface area (Å²) in [7, 11) is -3.25. The van der Waals surface area contributed by atoms with Gasteiger partial charge >= 0.3 is 0 Å². The van der Waals surface area contributed by atoms with E-state index in [-0.39, 0.29) is 11.8 Å². The fourth-order valence-electron chi connectivity index (χ4n) is 4.42. The van der Waals surface area contributed by atoms with Gasteiger partial charge in [0.25, 0.3) is 0 Å². The third-order valence-electron chi connectivity index (χ3n) is 5.75. The largest absolute Gasteiger partial charge is 0.346 e. The highest BCUT2D eigenvalue weighted by atomic mass is 32.2. The van der Waals surface area contributed by atoms with Gasteiger partial charge in [-0.2, -0.15) is 10.4 Å². The molecule has 4 rings (SSSR count). The van der Waals surface area contributed by atoms with Gasteiger partial charge in [0.15, 0.2) is 0 Å². The zero-order chi connectivity index (χ0) is 19.1. The Hall–Kier alpha value is -2.51. The first kappa shape index (κ1) is 17.9. The molecule has 0 saturated carbocycles. The summed E-state index contributed by atoms with van der Waals surface area (Å²) in [5, 5.41) is 14.7. The lowest BCUT2D eigenvalue weighted by molar-refractivity contribution is 0.254. The summed E-state index contributed by atoms with van der Waals surface area (Å²) < 4.78 is 25.4. The van der Waals surface area contributed by atoms with Crippen molar-refractivity contribution in [3.05, 3.63) is 24.3 Å². The fourth-order valence-corrected chi connectivity index (χ4v) is 5.32. The molecule has 4 heterocycles. The minimum atomic E-state index is -3.25. The molecule has 2 aliphatic heterocycles. The van der Waals surface area contributed by atoms with Gasteiger partial charge in [-0.05, 0) is 24.3 Å². The van der Waals surface area contributed by atoms with E-state index in [0.717, 1.165) is 23.1 Å². The van der Waals surface area contributed by atoms with Crippen molar-refractivity contribution in [1.29, 1.82) is 5.26 Å². The van der Waals surface area contributed by atoms with Gasteiger partial charge in [0.2, 0.25) is 10.0 Å². The number of nitrogens with one attached hydrogen (secondary N) is 2. The van der Waals surface area contributed by atoms with E-state index in [1.807, 2.05) is 18.5 Å². The Morgan fingerprint density at radius 3 is 3.00 bits per heavy atom. The molecule has 0 bridgehead atoms. The first-order valence-electron chi connectivity index (χ1n) is 8.83. The van der Waals surface area contributed by atoms with Crippen molar-refractivity contribution in [2.24, 2.45) is 16.9 Å². The molecule has 10 heteroatoms. The van der Waals surface area contributed by atoms with E-state index in [1.54, 1.807) is 0 Å². The van der Waals surface area contributed by atoms with E-state index in [0.29, 0.717) is 26.1 Å². The van der Waals surface area contributed by atoms with E-state index in [2.05, 4.69) is 31.5 Å². The fraction of sp³-hybridized carbons (Fsp3) is 0.529. The molecule has 0 aliphatic carbocycles. The van der Waals surface area contributed by atoms with Gasteiger partial charge < -0.3 is 10.4 Å². The highest BCUT2D eigenvalue weighted by Crippen LogP contribution is 2.43. The maximum absolute atomic E-state index is 12.0. The van der Waals surface area contributed by atoms with Crippen LogP contribution in [-0.4, -0.2) is 59.8 Å². The summed E-state index contributed by atoms with van der Waals surface area (Å²) in [6.07, 6.45) is 7.42. The van der Waals surface area contributed by atoms with E-state index in [4.69, 9.17) is 0 Å². The quantitative estimate of drug-likeness (QED) is 0.773. The number of nitrogens with zero attached hydrogens (tertiary/aromatic N) is 5. The Balaban J connectivity index is 1.79. The highest BCUT2D eigenvalue weighted by Gasteiger charge is 2.49. The average molecular weight is 387 g/mol. The molecule has 0 spiro atoms. The summed E-state index contributed by atoms with van der Waals surface area (Å²) in [6, 6.07) is 4.23. The van der Waals surface area contributed by atoms with Crippen molar-refractivity contribution in [2.75, 3.05) is 25.9 Å². The van der Waals surface area contributed by atoms with Gasteiger partial charge in [-0.1, -0.05) is 0 Å². The maximum atomic E-state index is 12.0. The Morgan fingerprint density at radius 2 is 2.33 bits per heavy atom.